The number of anilines is 1. The lowest BCUT2D eigenvalue weighted by Gasteiger charge is -2.55. The van der Waals surface area contributed by atoms with Crippen molar-refractivity contribution in [1.82, 2.24) is 9.88 Å². The number of benzene rings is 1. The van der Waals surface area contributed by atoms with Gasteiger partial charge in [-0.15, -0.1) is 0 Å². The fourth-order valence-electron chi connectivity index (χ4n) is 5.24. The number of likely N-dealkylation sites (tertiary alicyclic amines) is 1. The van der Waals surface area contributed by atoms with E-state index in [1.807, 2.05) is 12.1 Å². The third-order valence-corrected chi connectivity index (χ3v) is 8.41. The van der Waals surface area contributed by atoms with Gasteiger partial charge in [0.1, 0.15) is 6.61 Å². The van der Waals surface area contributed by atoms with Crippen LogP contribution >= 0.6 is 0 Å². The molecule has 3 aliphatic heterocycles. The zero-order chi connectivity index (χ0) is 22.5. The lowest BCUT2D eigenvalue weighted by molar-refractivity contribution is 0.0535. The van der Waals surface area contributed by atoms with Crippen molar-refractivity contribution < 1.29 is 17.9 Å². The van der Waals surface area contributed by atoms with Crippen LogP contribution in [0.5, 0.6) is 0 Å². The summed E-state index contributed by atoms with van der Waals surface area (Å²) >= 11 is 0. The van der Waals surface area contributed by atoms with Crippen molar-refractivity contribution in [2.24, 2.45) is 5.41 Å². The molecular formula is C24H29N3O4S. The first-order valence-corrected chi connectivity index (χ1v) is 13.1. The molecule has 7 nitrogen and oxygen atoms in total. The number of pyridine rings is 1. The van der Waals surface area contributed by atoms with Gasteiger partial charge in [0, 0.05) is 36.9 Å². The van der Waals surface area contributed by atoms with Crippen molar-refractivity contribution in [3.8, 4) is 0 Å². The molecule has 0 atom stereocenters. The van der Waals surface area contributed by atoms with Gasteiger partial charge in [-0.2, -0.15) is 0 Å². The number of carbonyl (C=O) groups excluding carboxylic acids is 1. The van der Waals surface area contributed by atoms with Crippen LogP contribution in [0.2, 0.25) is 0 Å². The van der Waals surface area contributed by atoms with E-state index in [2.05, 4.69) is 27.8 Å². The highest BCUT2D eigenvalue weighted by atomic mass is 32.2. The van der Waals surface area contributed by atoms with Crippen molar-refractivity contribution >= 4 is 21.5 Å². The van der Waals surface area contributed by atoms with Crippen molar-refractivity contribution in [2.75, 3.05) is 43.9 Å². The maximum absolute atomic E-state index is 11.7. The Hall–Kier alpha value is -2.45. The van der Waals surface area contributed by atoms with Crippen LogP contribution in [0.3, 0.4) is 0 Å². The van der Waals surface area contributed by atoms with Crippen molar-refractivity contribution in [3.05, 3.63) is 52.7 Å². The Kier molecular flexibility index (Phi) is 5.25. The summed E-state index contributed by atoms with van der Waals surface area (Å²) < 4.78 is 28.4. The Labute approximate surface area is 189 Å². The van der Waals surface area contributed by atoms with Gasteiger partial charge in [-0.3, -0.25) is 0 Å². The zero-order valence-electron chi connectivity index (χ0n) is 18.6. The summed E-state index contributed by atoms with van der Waals surface area (Å²) in [5.41, 5.74) is 5.66. The summed E-state index contributed by atoms with van der Waals surface area (Å²) in [5, 5.41) is 0.127. The fraction of sp³-hybridized carbons (Fsp3) is 0.500. The van der Waals surface area contributed by atoms with Crippen LogP contribution < -0.4 is 4.90 Å². The minimum absolute atomic E-state index is 0.127. The van der Waals surface area contributed by atoms with E-state index in [1.54, 1.807) is 12.3 Å². The van der Waals surface area contributed by atoms with E-state index in [-0.39, 0.29) is 11.0 Å². The molecule has 4 heterocycles. The molecule has 1 aromatic carbocycles. The highest BCUT2D eigenvalue weighted by molar-refractivity contribution is 7.90. The molecule has 0 N–H and O–H groups in total. The fourth-order valence-corrected chi connectivity index (χ4v) is 5.80. The smallest absolute Gasteiger partial charge is 0.338 e. The molecule has 32 heavy (non-hydrogen) atoms. The third kappa shape index (κ3) is 3.90. The summed E-state index contributed by atoms with van der Waals surface area (Å²) in [6.45, 7) is 7.77. The molecule has 3 aliphatic rings. The molecule has 0 amide bonds. The number of esters is 1. The Balaban J connectivity index is 1.12. The molecule has 0 saturated carbocycles. The minimum Gasteiger partial charge on any atom is -0.457 e. The molecule has 0 aliphatic carbocycles. The molecule has 0 bridgehead atoms. The van der Waals surface area contributed by atoms with Gasteiger partial charge in [0.15, 0.2) is 14.9 Å². The Morgan fingerprint density at radius 1 is 1.12 bits per heavy atom. The molecule has 2 aromatic rings. The molecule has 170 valence electrons. The van der Waals surface area contributed by atoms with Gasteiger partial charge in [-0.25, -0.2) is 18.2 Å². The summed E-state index contributed by atoms with van der Waals surface area (Å²) in [4.78, 5) is 20.7. The number of ether oxygens (including phenoxy) is 1. The van der Waals surface area contributed by atoms with Gasteiger partial charge in [0.05, 0.1) is 17.4 Å². The van der Waals surface area contributed by atoms with Crippen LogP contribution in [0.15, 0.2) is 35.5 Å². The van der Waals surface area contributed by atoms with E-state index >= 15 is 0 Å². The predicted molar refractivity (Wildman–Crippen MR) is 122 cm³/mol. The number of cyclic esters (lactones) is 1. The summed E-state index contributed by atoms with van der Waals surface area (Å²) in [5.74, 6) is -0.201. The van der Waals surface area contributed by atoms with E-state index in [4.69, 9.17) is 4.74 Å². The average molecular weight is 456 g/mol. The van der Waals surface area contributed by atoms with Crippen LogP contribution in [-0.2, 0) is 27.6 Å². The van der Waals surface area contributed by atoms with Gasteiger partial charge < -0.3 is 14.5 Å². The predicted octanol–water partition coefficient (Wildman–Crippen LogP) is 2.61. The quantitative estimate of drug-likeness (QED) is 0.641. The van der Waals surface area contributed by atoms with Crippen LogP contribution in [0.25, 0.3) is 0 Å². The molecule has 5 rings (SSSR count). The second-order valence-electron chi connectivity index (χ2n) is 9.53. The second-order valence-corrected chi connectivity index (χ2v) is 11.5. The largest absolute Gasteiger partial charge is 0.457 e. The number of aromatic nitrogens is 1. The maximum Gasteiger partial charge on any atom is 0.338 e. The average Bonchev–Trinajstić information content (AvgIpc) is 3.13. The van der Waals surface area contributed by atoms with E-state index < -0.39 is 9.84 Å². The molecular weight excluding hydrogens is 426 g/mol. The number of hydrogen-bond donors (Lipinski definition) is 0. The second kappa shape index (κ2) is 7.85. The molecule has 8 heteroatoms. The van der Waals surface area contributed by atoms with E-state index in [9.17, 15) is 13.2 Å². The Bertz CT molecular complexity index is 1140. The number of sulfone groups is 1. The highest BCUT2D eigenvalue weighted by Gasteiger charge is 2.44. The third-order valence-electron chi connectivity index (χ3n) is 7.41. The summed E-state index contributed by atoms with van der Waals surface area (Å²) in [6.07, 6.45) is 6.22. The lowest BCUT2D eigenvalue weighted by Crippen LogP contribution is -2.60. The number of piperidine rings is 1. The van der Waals surface area contributed by atoms with Crippen LogP contribution in [-0.4, -0.2) is 63.3 Å². The monoisotopic (exact) mass is 455 g/mol. The van der Waals surface area contributed by atoms with Crippen LogP contribution in [0, 0.1) is 12.3 Å². The number of hydrogen-bond acceptors (Lipinski definition) is 7. The molecule has 0 unspecified atom stereocenters. The first-order valence-electron chi connectivity index (χ1n) is 11.2. The van der Waals surface area contributed by atoms with Crippen LogP contribution in [0.1, 0.15) is 39.9 Å². The molecule has 2 saturated heterocycles. The molecule has 1 spiro atoms. The van der Waals surface area contributed by atoms with Crippen LogP contribution in [0.4, 0.5) is 5.69 Å². The SMILES string of the molecule is Cc1c(CCN2CCC3(CC2)CN(c2ccc(S(C)(=O)=O)nc2)C3)ccc2c1COC2=O. The van der Waals surface area contributed by atoms with Gasteiger partial charge in [0.25, 0.3) is 0 Å². The number of nitrogens with zero attached hydrogens (tertiary/aromatic N) is 3. The zero-order valence-corrected chi connectivity index (χ0v) is 19.5. The first kappa shape index (κ1) is 21.4. The Morgan fingerprint density at radius 2 is 1.88 bits per heavy atom. The number of carbonyl (C=O) groups is 1. The first-order chi connectivity index (χ1) is 15.2. The van der Waals surface area contributed by atoms with E-state index in [0.29, 0.717) is 12.0 Å². The van der Waals surface area contributed by atoms with Crippen molar-refractivity contribution in [3.63, 3.8) is 0 Å². The lowest BCUT2D eigenvalue weighted by atomic mass is 9.72. The maximum atomic E-state index is 11.7. The normalized spacial score (nSPS) is 20.2. The topological polar surface area (TPSA) is 79.8 Å². The number of fused-ring (bicyclic) bond motifs is 1. The van der Waals surface area contributed by atoms with E-state index in [0.717, 1.165) is 56.0 Å². The van der Waals surface area contributed by atoms with Crippen molar-refractivity contribution in [2.45, 2.75) is 37.8 Å². The van der Waals surface area contributed by atoms with Crippen molar-refractivity contribution in [1.29, 1.82) is 0 Å². The van der Waals surface area contributed by atoms with Gasteiger partial charge in [0.2, 0.25) is 0 Å². The summed E-state index contributed by atoms with van der Waals surface area (Å²) in [6, 6.07) is 7.46. The minimum atomic E-state index is -3.26. The Morgan fingerprint density at radius 3 is 2.53 bits per heavy atom. The van der Waals surface area contributed by atoms with E-state index in [1.165, 1.54) is 30.2 Å². The highest BCUT2D eigenvalue weighted by Crippen LogP contribution is 2.42. The standard InChI is InChI=1S/C24H29N3O4S/c1-17-18(3-5-20-21(17)14-31-23(20)28)7-10-26-11-8-24(9-12-26)15-27(16-24)19-4-6-22(25-13-19)32(2,29)30/h3-6,13H,7-12,14-16H2,1-2H3. The van der Waals surface area contributed by atoms with Gasteiger partial charge in [-0.05, 0) is 68.6 Å². The molecule has 1 aromatic heterocycles. The summed E-state index contributed by atoms with van der Waals surface area (Å²) in [7, 11) is -3.26. The molecule has 0 radical (unpaired) electrons. The van der Waals surface area contributed by atoms with Gasteiger partial charge in [-0.1, -0.05) is 6.07 Å². The number of rotatable bonds is 5. The van der Waals surface area contributed by atoms with Gasteiger partial charge >= 0.3 is 5.97 Å². The molecule has 2 fully saturated rings.